The van der Waals surface area contributed by atoms with E-state index in [1.165, 1.54) is 24.8 Å². The fourth-order valence-corrected chi connectivity index (χ4v) is 1.60. The zero-order valence-corrected chi connectivity index (χ0v) is 9.37. The molecule has 1 heterocycles. The van der Waals surface area contributed by atoms with Gasteiger partial charge in [0, 0.05) is 25.0 Å². The first kappa shape index (κ1) is 11.3. The number of aromatic nitrogens is 1. The second-order valence-electron chi connectivity index (χ2n) is 3.90. The van der Waals surface area contributed by atoms with Gasteiger partial charge in [0.05, 0.1) is 0 Å². The largest absolute Gasteiger partial charge is 0.354 e. The Labute approximate surface area is 87.1 Å². The summed E-state index contributed by atoms with van der Waals surface area (Å²) in [6.07, 6.45) is 9.20. The summed E-state index contributed by atoms with van der Waals surface area (Å²) >= 11 is 0. The summed E-state index contributed by atoms with van der Waals surface area (Å²) in [5.41, 5.74) is 7.22. The number of hydrogen-bond donors (Lipinski definition) is 1. The van der Waals surface area contributed by atoms with E-state index in [0.717, 1.165) is 13.0 Å². The fourth-order valence-electron chi connectivity index (χ4n) is 1.60. The van der Waals surface area contributed by atoms with E-state index in [1.807, 2.05) is 0 Å². The third-order valence-electron chi connectivity index (χ3n) is 2.66. The second-order valence-corrected chi connectivity index (χ2v) is 3.90. The highest BCUT2D eigenvalue weighted by molar-refractivity contribution is 5.14. The van der Waals surface area contributed by atoms with E-state index in [2.05, 4.69) is 36.9 Å². The molecule has 0 fully saturated rings. The summed E-state index contributed by atoms with van der Waals surface area (Å²) in [6.45, 7) is 5.48. The number of unbranched alkanes of at least 4 members (excludes halogenated alkanes) is 2. The highest BCUT2D eigenvalue weighted by atomic mass is 14.9. The van der Waals surface area contributed by atoms with E-state index in [1.54, 1.807) is 0 Å². The van der Waals surface area contributed by atoms with Gasteiger partial charge in [-0.2, -0.15) is 0 Å². The molecule has 2 nitrogen and oxygen atoms in total. The lowest BCUT2D eigenvalue weighted by atomic mass is 10.1. The van der Waals surface area contributed by atoms with Crippen LogP contribution in [0.15, 0.2) is 18.5 Å². The molecule has 80 valence electrons. The summed E-state index contributed by atoms with van der Waals surface area (Å²) in [5.74, 6) is 0. The van der Waals surface area contributed by atoms with Gasteiger partial charge in [-0.25, -0.2) is 0 Å². The lowest BCUT2D eigenvalue weighted by Crippen LogP contribution is -2.07. The Kier molecular flexibility index (Phi) is 4.74. The SMILES string of the molecule is CCCCCn1ccc(C(N)CC)c1. The highest BCUT2D eigenvalue weighted by Crippen LogP contribution is 2.14. The molecule has 1 unspecified atom stereocenters. The predicted octanol–water partition coefficient (Wildman–Crippen LogP) is 3.09. The van der Waals surface area contributed by atoms with Crippen molar-refractivity contribution in [2.45, 2.75) is 52.1 Å². The Bertz CT molecular complexity index is 253. The van der Waals surface area contributed by atoms with Gasteiger partial charge < -0.3 is 10.3 Å². The first-order chi connectivity index (χ1) is 6.77. The Hall–Kier alpha value is -0.760. The topological polar surface area (TPSA) is 30.9 Å². The van der Waals surface area contributed by atoms with Crippen molar-refractivity contribution in [1.29, 1.82) is 0 Å². The van der Waals surface area contributed by atoms with E-state index in [9.17, 15) is 0 Å². The maximum absolute atomic E-state index is 5.95. The second kappa shape index (κ2) is 5.86. The van der Waals surface area contributed by atoms with Crippen LogP contribution in [0.1, 0.15) is 51.1 Å². The van der Waals surface area contributed by atoms with Crippen molar-refractivity contribution in [3.8, 4) is 0 Å². The molecule has 0 spiro atoms. The minimum Gasteiger partial charge on any atom is -0.354 e. The summed E-state index contributed by atoms with van der Waals surface area (Å²) < 4.78 is 2.25. The molecule has 0 aliphatic carbocycles. The van der Waals surface area contributed by atoms with E-state index in [0.29, 0.717) is 0 Å². The van der Waals surface area contributed by atoms with Crippen molar-refractivity contribution in [1.82, 2.24) is 4.57 Å². The number of nitrogens with two attached hydrogens (primary N) is 1. The Morgan fingerprint density at radius 3 is 2.79 bits per heavy atom. The lowest BCUT2D eigenvalue weighted by Gasteiger charge is -2.05. The first-order valence-corrected chi connectivity index (χ1v) is 5.69. The molecule has 1 atom stereocenters. The minimum atomic E-state index is 0.211. The van der Waals surface area contributed by atoms with Crippen LogP contribution in [0.2, 0.25) is 0 Å². The zero-order valence-electron chi connectivity index (χ0n) is 9.37. The number of rotatable bonds is 6. The van der Waals surface area contributed by atoms with Gasteiger partial charge in [0.15, 0.2) is 0 Å². The molecule has 0 aromatic carbocycles. The molecule has 14 heavy (non-hydrogen) atoms. The van der Waals surface area contributed by atoms with Crippen molar-refractivity contribution in [2.75, 3.05) is 0 Å². The van der Waals surface area contributed by atoms with Crippen LogP contribution in [0.25, 0.3) is 0 Å². The van der Waals surface area contributed by atoms with Gasteiger partial charge in [-0.3, -0.25) is 0 Å². The quantitative estimate of drug-likeness (QED) is 0.693. The molecule has 0 saturated heterocycles. The number of hydrogen-bond acceptors (Lipinski definition) is 1. The van der Waals surface area contributed by atoms with Crippen LogP contribution in [0.5, 0.6) is 0 Å². The smallest absolute Gasteiger partial charge is 0.0307 e. The molecular weight excluding hydrogens is 172 g/mol. The van der Waals surface area contributed by atoms with Gasteiger partial charge in [-0.05, 0) is 24.5 Å². The monoisotopic (exact) mass is 194 g/mol. The molecule has 0 aliphatic heterocycles. The van der Waals surface area contributed by atoms with Crippen LogP contribution in [0.4, 0.5) is 0 Å². The average molecular weight is 194 g/mol. The van der Waals surface area contributed by atoms with Crippen molar-refractivity contribution in [2.24, 2.45) is 5.73 Å². The normalized spacial score (nSPS) is 13.1. The van der Waals surface area contributed by atoms with Crippen molar-refractivity contribution in [3.05, 3.63) is 24.0 Å². The third kappa shape index (κ3) is 3.18. The van der Waals surface area contributed by atoms with Gasteiger partial charge in [0.25, 0.3) is 0 Å². The van der Waals surface area contributed by atoms with Gasteiger partial charge in [0.1, 0.15) is 0 Å². The van der Waals surface area contributed by atoms with E-state index >= 15 is 0 Å². The third-order valence-corrected chi connectivity index (χ3v) is 2.66. The molecular formula is C12H22N2. The molecule has 2 N–H and O–H groups in total. The summed E-state index contributed by atoms with van der Waals surface area (Å²) in [5, 5.41) is 0. The maximum atomic E-state index is 5.95. The standard InChI is InChI=1S/C12H22N2/c1-3-5-6-8-14-9-7-11(10-14)12(13)4-2/h7,9-10,12H,3-6,8,13H2,1-2H3. The molecule has 0 radical (unpaired) electrons. The maximum Gasteiger partial charge on any atom is 0.0307 e. The van der Waals surface area contributed by atoms with Gasteiger partial charge in [-0.15, -0.1) is 0 Å². The van der Waals surface area contributed by atoms with Gasteiger partial charge in [0.2, 0.25) is 0 Å². The summed E-state index contributed by atoms with van der Waals surface area (Å²) in [7, 11) is 0. The molecule has 1 aromatic rings. The lowest BCUT2D eigenvalue weighted by molar-refractivity contribution is 0.600. The van der Waals surface area contributed by atoms with E-state index in [4.69, 9.17) is 5.73 Å². The Morgan fingerprint density at radius 1 is 1.36 bits per heavy atom. The zero-order chi connectivity index (χ0) is 10.4. The van der Waals surface area contributed by atoms with Crippen molar-refractivity contribution in [3.63, 3.8) is 0 Å². The van der Waals surface area contributed by atoms with Crippen LogP contribution < -0.4 is 5.73 Å². The number of nitrogens with zero attached hydrogens (tertiary/aromatic N) is 1. The molecule has 0 saturated carbocycles. The average Bonchev–Trinajstić information content (AvgIpc) is 2.66. The van der Waals surface area contributed by atoms with Gasteiger partial charge >= 0.3 is 0 Å². The molecule has 0 amide bonds. The van der Waals surface area contributed by atoms with Crippen LogP contribution >= 0.6 is 0 Å². The molecule has 1 rings (SSSR count). The highest BCUT2D eigenvalue weighted by Gasteiger charge is 2.04. The van der Waals surface area contributed by atoms with E-state index in [-0.39, 0.29) is 6.04 Å². The van der Waals surface area contributed by atoms with E-state index < -0.39 is 0 Å². The summed E-state index contributed by atoms with van der Waals surface area (Å²) in [6, 6.07) is 2.35. The number of aryl methyl sites for hydroxylation is 1. The van der Waals surface area contributed by atoms with Crippen LogP contribution in [0, 0.1) is 0 Å². The molecule has 1 aromatic heterocycles. The first-order valence-electron chi connectivity index (χ1n) is 5.69. The van der Waals surface area contributed by atoms with Crippen molar-refractivity contribution >= 4 is 0 Å². The molecule has 2 heteroatoms. The Balaban J connectivity index is 2.42. The van der Waals surface area contributed by atoms with Crippen LogP contribution in [0.3, 0.4) is 0 Å². The Morgan fingerprint density at radius 2 is 2.14 bits per heavy atom. The predicted molar refractivity (Wildman–Crippen MR) is 61.2 cm³/mol. The van der Waals surface area contributed by atoms with Crippen molar-refractivity contribution < 1.29 is 0 Å². The van der Waals surface area contributed by atoms with Gasteiger partial charge in [-0.1, -0.05) is 26.7 Å². The molecule has 0 bridgehead atoms. The van der Waals surface area contributed by atoms with Crippen LogP contribution in [-0.4, -0.2) is 4.57 Å². The summed E-state index contributed by atoms with van der Waals surface area (Å²) in [4.78, 5) is 0. The van der Waals surface area contributed by atoms with Crippen LogP contribution in [-0.2, 0) is 6.54 Å². The minimum absolute atomic E-state index is 0.211. The molecule has 0 aliphatic rings. The fraction of sp³-hybridized carbons (Fsp3) is 0.667.